The summed E-state index contributed by atoms with van der Waals surface area (Å²) in [7, 11) is -2.78. The first-order chi connectivity index (χ1) is 7.80. The van der Waals surface area contributed by atoms with Gasteiger partial charge < -0.3 is 5.32 Å². The lowest BCUT2D eigenvalue weighted by molar-refractivity contribution is 0.0912. The van der Waals surface area contributed by atoms with Gasteiger partial charge in [0, 0.05) is 30.7 Å². The van der Waals surface area contributed by atoms with Crippen molar-refractivity contribution in [3.63, 3.8) is 0 Å². The van der Waals surface area contributed by atoms with Crippen molar-refractivity contribution in [2.45, 2.75) is 51.2 Å². The van der Waals surface area contributed by atoms with Crippen molar-refractivity contribution in [2.24, 2.45) is 0 Å². The molecule has 5 heteroatoms. The average Bonchev–Trinajstić information content (AvgIpc) is 2.49. The Balaban J connectivity index is 2.13. The fraction of sp³-hybridized carbons (Fsp3) is 1.00. The van der Waals surface area contributed by atoms with Crippen LogP contribution in [0.2, 0.25) is 0 Å². The van der Waals surface area contributed by atoms with Crippen molar-refractivity contribution >= 4 is 9.84 Å². The molecule has 0 aromatic heterocycles. The Kier molecular flexibility index (Phi) is 3.54. The van der Waals surface area contributed by atoms with Crippen LogP contribution in [-0.4, -0.2) is 55.5 Å². The van der Waals surface area contributed by atoms with Gasteiger partial charge in [0.2, 0.25) is 0 Å². The van der Waals surface area contributed by atoms with Gasteiger partial charge in [0.1, 0.15) is 0 Å². The van der Waals surface area contributed by atoms with E-state index >= 15 is 0 Å². The van der Waals surface area contributed by atoms with Crippen LogP contribution < -0.4 is 5.32 Å². The number of nitrogens with one attached hydrogen (secondary N) is 1. The SMILES string of the molecule is CC1CCN(C2CCS(=O)(=O)C2)C(C)(C)CN1. The summed E-state index contributed by atoms with van der Waals surface area (Å²) >= 11 is 0. The second kappa shape index (κ2) is 4.52. The van der Waals surface area contributed by atoms with Gasteiger partial charge in [-0.15, -0.1) is 0 Å². The van der Waals surface area contributed by atoms with Crippen LogP contribution in [0.3, 0.4) is 0 Å². The van der Waals surface area contributed by atoms with E-state index in [9.17, 15) is 8.42 Å². The molecule has 0 radical (unpaired) electrons. The Labute approximate surface area is 105 Å². The summed E-state index contributed by atoms with van der Waals surface area (Å²) in [5, 5.41) is 3.52. The van der Waals surface area contributed by atoms with E-state index in [1.807, 2.05) is 0 Å². The molecule has 17 heavy (non-hydrogen) atoms. The van der Waals surface area contributed by atoms with Gasteiger partial charge in [-0.1, -0.05) is 0 Å². The molecule has 0 bridgehead atoms. The fourth-order valence-corrected chi connectivity index (χ4v) is 4.69. The van der Waals surface area contributed by atoms with E-state index in [0.717, 1.165) is 25.9 Å². The average molecular weight is 260 g/mol. The highest BCUT2D eigenvalue weighted by molar-refractivity contribution is 7.91. The maximum absolute atomic E-state index is 11.6. The molecule has 2 unspecified atom stereocenters. The molecular formula is C12H24N2O2S. The van der Waals surface area contributed by atoms with Crippen LogP contribution in [0.5, 0.6) is 0 Å². The number of hydrogen-bond acceptors (Lipinski definition) is 4. The Bertz CT molecular complexity index is 378. The van der Waals surface area contributed by atoms with E-state index in [1.165, 1.54) is 0 Å². The molecule has 4 nitrogen and oxygen atoms in total. The Morgan fingerprint density at radius 3 is 2.59 bits per heavy atom. The van der Waals surface area contributed by atoms with Gasteiger partial charge in [-0.25, -0.2) is 8.42 Å². The van der Waals surface area contributed by atoms with Gasteiger partial charge in [0.15, 0.2) is 9.84 Å². The predicted molar refractivity (Wildman–Crippen MR) is 69.9 cm³/mol. The third-order valence-electron chi connectivity index (χ3n) is 4.11. The van der Waals surface area contributed by atoms with E-state index in [2.05, 4.69) is 31.0 Å². The Hall–Kier alpha value is -0.130. The molecular weight excluding hydrogens is 236 g/mol. The fourth-order valence-electron chi connectivity index (χ4n) is 2.96. The normalized spacial score (nSPS) is 37.8. The topological polar surface area (TPSA) is 49.4 Å². The summed E-state index contributed by atoms with van der Waals surface area (Å²) in [6.07, 6.45) is 1.90. The molecule has 2 fully saturated rings. The minimum atomic E-state index is -2.78. The van der Waals surface area contributed by atoms with Gasteiger partial charge in [-0.2, -0.15) is 0 Å². The van der Waals surface area contributed by atoms with Crippen LogP contribution >= 0.6 is 0 Å². The van der Waals surface area contributed by atoms with Crippen LogP contribution in [0, 0.1) is 0 Å². The van der Waals surface area contributed by atoms with Crippen molar-refractivity contribution in [2.75, 3.05) is 24.6 Å². The third kappa shape index (κ3) is 3.01. The molecule has 0 aromatic rings. The minimum absolute atomic E-state index is 0.0509. The van der Waals surface area contributed by atoms with Gasteiger partial charge in [-0.05, 0) is 33.6 Å². The van der Waals surface area contributed by atoms with Gasteiger partial charge in [0.05, 0.1) is 11.5 Å². The second-order valence-corrected chi connectivity index (χ2v) is 8.36. The molecule has 2 rings (SSSR count). The highest BCUT2D eigenvalue weighted by atomic mass is 32.2. The van der Waals surface area contributed by atoms with Crippen LogP contribution in [0.4, 0.5) is 0 Å². The van der Waals surface area contributed by atoms with Gasteiger partial charge >= 0.3 is 0 Å². The number of nitrogens with zero attached hydrogens (tertiary/aromatic N) is 1. The molecule has 2 atom stereocenters. The zero-order valence-electron chi connectivity index (χ0n) is 11.1. The second-order valence-electron chi connectivity index (χ2n) is 6.13. The summed E-state index contributed by atoms with van der Waals surface area (Å²) in [6.45, 7) is 8.56. The first-order valence-corrected chi connectivity index (χ1v) is 8.33. The van der Waals surface area contributed by atoms with Crippen LogP contribution in [-0.2, 0) is 9.84 Å². The van der Waals surface area contributed by atoms with E-state index in [1.54, 1.807) is 0 Å². The molecule has 0 spiro atoms. The van der Waals surface area contributed by atoms with Crippen molar-refractivity contribution < 1.29 is 8.42 Å². The maximum Gasteiger partial charge on any atom is 0.151 e. The van der Waals surface area contributed by atoms with Gasteiger partial charge in [0.25, 0.3) is 0 Å². The molecule has 100 valence electrons. The van der Waals surface area contributed by atoms with Crippen LogP contribution in [0.1, 0.15) is 33.6 Å². The quantitative estimate of drug-likeness (QED) is 0.751. The van der Waals surface area contributed by atoms with Crippen molar-refractivity contribution in [1.29, 1.82) is 0 Å². The maximum atomic E-state index is 11.6. The molecule has 0 saturated carbocycles. The summed E-state index contributed by atoms with van der Waals surface area (Å²) in [4.78, 5) is 2.41. The summed E-state index contributed by atoms with van der Waals surface area (Å²) in [5.74, 6) is 0.720. The molecule has 2 saturated heterocycles. The van der Waals surface area contributed by atoms with Crippen LogP contribution in [0.15, 0.2) is 0 Å². The molecule has 2 heterocycles. The minimum Gasteiger partial charge on any atom is -0.312 e. The highest BCUT2D eigenvalue weighted by Gasteiger charge is 2.39. The first kappa shape index (κ1) is 13.3. The zero-order valence-corrected chi connectivity index (χ0v) is 11.9. The number of hydrogen-bond donors (Lipinski definition) is 1. The third-order valence-corrected chi connectivity index (χ3v) is 5.86. The lowest BCUT2D eigenvalue weighted by Gasteiger charge is -2.40. The van der Waals surface area contributed by atoms with E-state index < -0.39 is 9.84 Å². The van der Waals surface area contributed by atoms with E-state index in [-0.39, 0.29) is 11.6 Å². The molecule has 2 aliphatic rings. The molecule has 0 aromatic carbocycles. The zero-order chi connectivity index (χ0) is 12.7. The van der Waals surface area contributed by atoms with E-state index in [0.29, 0.717) is 17.5 Å². The summed E-state index contributed by atoms with van der Waals surface area (Å²) < 4.78 is 23.2. The summed E-state index contributed by atoms with van der Waals surface area (Å²) in [6, 6.07) is 0.749. The molecule has 1 N–H and O–H groups in total. The van der Waals surface area contributed by atoms with Crippen molar-refractivity contribution in [3.8, 4) is 0 Å². The predicted octanol–water partition coefficient (Wildman–Crippen LogP) is 0.636. The number of rotatable bonds is 1. The van der Waals surface area contributed by atoms with Crippen LogP contribution in [0.25, 0.3) is 0 Å². The highest BCUT2D eigenvalue weighted by Crippen LogP contribution is 2.27. The Morgan fingerprint density at radius 1 is 1.29 bits per heavy atom. The van der Waals surface area contributed by atoms with Crippen molar-refractivity contribution in [1.82, 2.24) is 10.2 Å². The van der Waals surface area contributed by atoms with E-state index in [4.69, 9.17) is 0 Å². The smallest absolute Gasteiger partial charge is 0.151 e. The summed E-state index contributed by atoms with van der Waals surface area (Å²) in [5.41, 5.74) is 0.0509. The van der Waals surface area contributed by atoms with Crippen molar-refractivity contribution in [3.05, 3.63) is 0 Å². The lowest BCUT2D eigenvalue weighted by atomic mass is 10.00. The molecule has 0 aliphatic carbocycles. The molecule has 0 amide bonds. The standard InChI is InChI=1S/C12H24N2O2S/c1-10-4-6-14(12(2,3)9-13-10)11-5-7-17(15,16)8-11/h10-11,13H,4-9H2,1-3H3. The largest absolute Gasteiger partial charge is 0.312 e. The Morgan fingerprint density at radius 2 is 2.00 bits per heavy atom. The molecule has 2 aliphatic heterocycles. The monoisotopic (exact) mass is 260 g/mol. The first-order valence-electron chi connectivity index (χ1n) is 6.51. The lowest BCUT2D eigenvalue weighted by Crippen LogP contribution is -2.53. The van der Waals surface area contributed by atoms with Gasteiger partial charge in [-0.3, -0.25) is 4.90 Å². The number of sulfone groups is 1.